The first-order valence-corrected chi connectivity index (χ1v) is 12.4. The average Bonchev–Trinajstić information content (AvgIpc) is 2.85. The van der Waals surface area contributed by atoms with Crippen LogP contribution < -0.4 is 14.2 Å². The molecule has 33 heavy (non-hydrogen) atoms. The van der Waals surface area contributed by atoms with Crippen LogP contribution in [0.2, 0.25) is 0 Å². The van der Waals surface area contributed by atoms with E-state index in [2.05, 4.69) is 0 Å². The second kappa shape index (κ2) is 12.3. The second-order valence-corrected chi connectivity index (χ2v) is 9.43. The second-order valence-electron chi connectivity index (χ2n) is 7.48. The third-order valence-electron chi connectivity index (χ3n) is 5.07. The predicted octanol–water partition coefficient (Wildman–Crippen LogP) is 5.91. The van der Waals surface area contributed by atoms with Gasteiger partial charge in [-0.3, -0.25) is 0 Å². The van der Waals surface area contributed by atoms with Crippen LogP contribution in [0.4, 0.5) is 0 Å². The number of unbranched alkanes of at least 4 members (excludes halogenated alkanes) is 3. The minimum Gasteiger partial charge on any atom is -0.497 e. The molecule has 0 atom stereocenters. The van der Waals surface area contributed by atoms with Crippen molar-refractivity contribution in [3.05, 3.63) is 72.8 Å². The molecule has 3 aromatic carbocycles. The van der Waals surface area contributed by atoms with Crippen molar-refractivity contribution in [2.24, 2.45) is 0 Å². The Morgan fingerprint density at radius 1 is 0.576 bits per heavy atom. The van der Waals surface area contributed by atoms with Gasteiger partial charge in [-0.05, 0) is 92.1 Å². The van der Waals surface area contributed by atoms with Gasteiger partial charge < -0.3 is 18.9 Å². The van der Waals surface area contributed by atoms with Crippen LogP contribution in [0.3, 0.4) is 0 Å². The molecule has 0 radical (unpaired) electrons. The minimum atomic E-state index is -3.61. The fraction of sp³-hybridized carbons (Fsp3) is 0.308. The van der Waals surface area contributed by atoms with Crippen LogP contribution in [0.15, 0.2) is 82.6 Å². The molecule has 0 unspecified atom stereocenters. The molecule has 176 valence electrons. The van der Waals surface area contributed by atoms with Gasteiger partial charge in [0.1, 0.15) is 23.0 Å². The highest BCUT2D eigenvalue weighted by atomic mass is 32.2. The highest BCUT2D eigenvalue weighted by Gasteiger charge is 2.17. The van der Waals surface area contributed by atoms with Crippen LogP contribution >= 0.6 is 0 Å². The fourth-order valence-electron chi connectivity index (χ4n) is 3.21. The van der Waals surface area contributed by atoms with Crippen molar-refractivity contribution in [3.8, 4) is 23.0 Å². The van der Waals surface area contributed by atoms with E-state index in [-0.39, 0.29) is 9.79 Å². The van der Waals surface area contributed by atoms with Crippen LogP contribution in [0.1, 0.15) is 25.7 Å². The molecule has 0 amide bonds. The molecule has 7 heteroatoms. The molecule has 3 aromatic rings. The summed E-state index contributed by atoms with van der Waals surface area (Å²) in [5.74, 6) is 2.59. The summed E-state index contributed by atoms with van der Waals surface area (Å²) in [5, 5.41) is 0. The Labute approximate surface area is 196 Å². The Morgan fingerprint density at radius 3 is 1.55 bits per heavy atom. The van der Waals surface area contributed by atoms with Crippen molar-refractivity contribution in [1.82, 2.24) is 0 Å². The van der Waals surface area contributed by atoms with E-state index in [1.165, 1.54) is 19.2 Å². The quantitative estimate of drug-likeness (QED) is 0.289. The van der Waals surface area contributed by atoms with Crippen molar-refractivity contribution < 1.29 is 27.4 Å². The summed E-state index contributed by atoms with van der Waals surface area (Å²) in [6.45, 7) is 1.49. The van der Waals surface area contributed by atoms with E-state index in [0.29, 0.717) is 23.9 Å². The molecule has 0 saturated heterocycles. The van der Waals surface area contributed by atoms with Crippen LogP contribution in [0, 0.1) is 0 Å². The highest BCUT2D eigenvalue weighted by molar-refractivity contribution is 7.91. The third-order valence-corrected chi connectivity index (χ3v) is 6.86. The van der Waals surface area contributed by atoms with Gasteiger partial charge in [-0.25, -0.2) is 8.42 Å². The lowest BCUT2D eigenvalue weighted by atomic mass is 10.2. The van der Waals surface area contributed by atoms with E-state index in [0.717, 1.165) is 38.0 Å². The number of hydrogen-bond donors (Lipinski definition) is 0. The maximum atomic E-state index is 12.8. The van der Waals surface area contributed by atoms with Gasteiger partial charge in [0, 0.05) is 13.7 Å². The Morgan fingerprint density at radius 2 is 1.03 bits per heavy atom. The lowest BCUT2D eigenvalue weighted by Crippen LogP contribution is -2.01. The topological polar surface area (TPSA) is 71.1 Å². The van der Waals surface area contributed by atoms with E-state index in [9.17, 15) is 8.42 Å². The lowest BCUT2D eigenvalue weighted by molar-refractivity contribution is 0.191. The van der Waals surface area contributed by atoms with Gasteiger partial charge in [-0.15, -0.1) is 0 Å². The monoisotopic (exact) mass is 470 g/mol. The summed E-state index contributed by atoms with van der Waals surface area (Å²) in [6.07, 6.45) is 4.35. The highest BCUT2D eigenvalue weighted by Crippen LogP contribution is 2.28. The van der Waals surface area contributed by atoms with Crippen LogP contribution in [-0.4, -0.2) is 35.9 Å². The molecule has 3 rings (SSSR count). The number of sulfone groups is 1. The first-order chi connectivity index (χ1) is 16.0. The zero-order chi connectivity index (χ0) is 23.5. The Kier molecular flexibility index (Phi) is 9.15. The molecule has 0 aliphatic heterocycles. The smallest absolute Gasteiger partial charge is 0.206 e. The molecular weight excluding hydrogens is 440 g/mol. The van der Waals surface area contributed by atoms with Crippen LogP contribution in [0.5, 0.6) is 23.0 Å². The predicted molar refractivity (Wildman–Crippen MR) is 127 cm³/mol. The molecule has 0 N–H and O–H groups in total. The first-order valence-electron chi connectivity index (χ1n) is 10.9. The van der Waals surface area contributed by atoms with Crippen molar-refractivity contribution in [1.29, 1.82) is 0 Å². The van der Waals surface area contributed by atoms with Crippen LogP contribution in [0.25, 0.3) is 0 Å². The molecule has 0 aromatic heterocycles. The average molecular weight is 471 g/mol. The molecular formula is C26H30O6S. The van der Waals surface area contributed by atoms with Gasteiger partial charge in [0.15, 0.2) is 0 Å². The fourth-order valence-corrected chi connectivity index (χ4v) is 4.47. The maximum Gasteiger partial charge on any atom is 0.206 e. The molecule has 0 aliphatic rings. The zero-order valence-corrected chi connectivity index (χ0v) is 19.8. The van der Waals surface area contributed by atoms with Crippen molar-refractivity contribution in [2.75, 3.05) is 27.4 Å². The van der Waals surface area contributed by atoms with E-state index in [1.807, 2.05) is 24.3 Å². The maximum absolute atomic E-state index is 12.8. The zero-order valence-electron chi connectivity index (χ0n) is 19.0. The van der Waals surface area contributed by atoms with E-state index in [4.69, 9.17) is 18.9 Å². The number of rotatable bonds is 13. The summed E-state index contributed by atoms with van der Waals surface area (Å²) in [5.41, 5.74) is 0. The largest absolute Gasteiger partial charge is 0.497 e. The van der Waals surface area contributed by atoms with Crippen molar-refractivity contribution >= 4 is 9.84 Å². The van der Waals surface area contributed by atoms with E-state index in [1.54, 1.807) is 43.5 Å². The summed E-state index contributed by atoms with van der Waals surface area (Å²) in [4.78, 5) is 0.411. The molecule has 0 aliphatic carbocycles. The van der Waals surface area contributed by atoms with E-state index >= 15 is 0 Å². The van der Waals surface area contributed by atoms with E-state index < -0.39 is 9.84 Å². The molecule has 0 fully saturated rings. The van der Waals surface area contributed by atoms with Gasteiger partial charge in [0.05, 0.1) is 23.5 Å². The number of ether oxygens (including phenoxy) is 4. The van der Waals surface area contributed by atoms with Gasteiger partial charge in [0.2, 0.25) is 9.84 Å². The van der Waals surface area contributed by atoms with Gasteiger partial charge in [-0.2, -0.15) is 0 Å². The Balaban J connectivity index is 1.52. The number of methoxy groups -OCH3 is 2. The summed E-state index contributed by atoms with van der Waals surface area (Å²) < 4.78 is 47.4. The third kappa shape index (κ3) is 7.23. The molecule has 0 spiro atoms. The normalized spacial score (nSPS) is 11.2. The molecule has 0 saturated carbocycles. The van der Waals surface area contributed by atoms with Gasteiger partial charge >= 0.3 is 0 Å². The van der Waals surface area contributed by atoms with Crippen molar-refractivity contribution in [2.45, 2.75) is 35.5 Å². The summed E-state index contributed by atoms with van der Waals surface area (Å²) in [6, 6.07) is 20.1. The standard InChI is InChI=1S/C26H30O6S/c1-29-19-5-3-4-6-20-31-22-7-9-23(10-8-22)32-24-13-17-26(18-14-24)33(27,28)25-15-11-21(30-2)12-16-25/h7-18H,3-6,19-20H2,1-2H3. The molecule has 0 bridgehead atoms. The Hall–Kier alpha value is -3.03. The SMILES string of the molecule is COCCCCCCOc1ccc(Oc2ccc(S(=O)(=O)c3ccc(OC)cc3)cc2)cc1. The van der Waals surface area contributed by atoms with Gasteiger partial charge in [-0.1, -0.05) is 6.42 Å². The lowest BCUT2D eigenvalue weighted by Gasteiger charge is -2.10. The van der Waals surface area contributed by atoms with Crippen molar-refractivity contribution in [3.63, 3.8) is 0 Å². The summed E-state index contributed by atoms with van der Waals surface area (Å²) in [7, 11) is -0.351. The minimum absolute atomic E-state index is 0.200. The first kappa shape index (κ1) is 24.6. The Bertz CT molecular complexity index is 1080. The van der Waals surface area contributed by atoms with Gasteiger partial charge in [0.25, 0.3) is 0 Å². The number of benzene rings is 3. The molecule has 6 nitrogen and oxygen atoms in total. The molecule has 0 heterocycles. The number of hydrogen-bond acceptors (Lipinski definition) is 6. The summed E-state index contributed by atoms with van der Waals surface area (Å²) >= 11 is 0. The van der Waals surface area contributed by atoms with Crippen LogP contribution in [-0.2, 0) is 14.6 Å².